The molecule has 0 saturated heterocycles. The summed E-state index contributed by atoms with van der Waals surface area (Å²) in [6, 6.07) is 15.7. The van der Waals surface area contributed by atoms with E-state index in [-0.39, 0.29) is 0 Å². The van der Waals surface area contributed by atoms with Gasteiger partial charge in [-0.1, -0.05) is 30.3 Å². The summed E-state index contributed by atoms with van der Waals surface area (Å²) in [5, 5.41) is 2.76. The molecule has 0 saturated carbocycles. The average Bonchev–Trinajstić information content (AvgIpc) is 2.44. The van der Waals surface area contributed by atoms with Crippen molar-refractivity contribution < 1.29 is 9.53 Å². The van der Waals surface area contributed by atoms with E-state index in [9.17, 15) is 4.79 Å². The van der Waals surface area contributed by atoms with Gasteiger partial charge in [0.25, 0.3) is 0 Å². The minimum absolute atomic E-state index is 0.412. The zero-order valence-corrected chi connectivity index (χ0v) is 13.2. The van der Waals surface area contributed by atoms with Gasteiger partial charge in [-0.05, 0) is 55.7 Å². The summed E-state index contributed by atoms with van der Waals surface area (Å²) in [5.41, 5.74) is 9.15. The first-order chi connectivity index (χ1) is 10.3. The van der Waals surface area contributed by atoms with E-state index in [1.165, 1.54) is 0 Å². The van der Waals surface area contributed by atoms with Gasteiger partial charge in [0, 0.05) is 12.2 Å². The highest BCUT2D eigenvalue weighted by atomic mass is 16.6. The molecule has 0 heterocycles. The highest BCUT2D eigenvalue weighted by Gasteiger charge is 2.15. The zero-order valence-electron chi connectivity index (χ0n) is 13.2. The van der Waals surface area contributed by atoms with Gasteiger partial charge in [-0.25, -0.2) is 4.79 Å². The van der Waals surface area contributed by atoms with Crippen LogP contribution in [0.4, 0.5) is 10.5 Å². The molecular weight excluding hydrogens is 276 g/mol. The van der Waals surface area contributed by atoms with Gasteiger partial charge in [0.2, 0.25) is 0 Å². The number of carbonyl (C=O) groups excluding carboxylic acids is 1. The highest BCUT2D eigenvalue weighted by Crippen LogP contribution is 2.21. The molecular formula is C18H22N2O2. The molecule has 2 aromatic rings. The number of anilines is 1. The second kappa shape index (κ2) is 6.52. The Bertz CT molecular complexity index is 643. The van der Waals surface area contributed by atoms with E-state index in [0.717, 1.165) is 22.4 Å². The van der Waals surface area contributed by atoms with Crippen molar-refractivity contribution in [3.05, 3.63) is 54.1 Å². The van der Waals surface area contributed by atoms with Crippen molar-refractivity contribution >= 4 is 11.8 Å². The van der Waals surface area contributed by atoms with Gasteiger partial charge in [-0.3, -0.25) is 0 Å². The Labute approximate surface area is 131 Å². The molecule has 0 aromatic heterocycles. The summed E-state index contributed by atoms with van der Waals surface area (Å²) >= 11 is 0. The maximum atomic E-state index is 11.7. The number of nitrogens with two attached hydrogens (primary N) is 1. The maximum Gasteiger partial charge on any atom is 0.407 e. The summed E-state index contributed by atoms with van der Waals surface area (Å²) in [4.78, 5) is 11.7. The van der Waals surface area contributed by atoms with E-state index in [1.807, 2.05) is 69.3 Å². The van der Waals surface area contributed by atoms with E-state index in [4.69, 9.17) is 10.5 Å². The van der Waals surface area contributed by atoms with Crippen molar-refractivity contribution in [1.82, 2.24) is 5.32 Å². The van der Waals surface area contributed by atoms with Gasteiger partial charge in [0.1, 0.15) is 5.60 Å². The fraction of sp³-hybridized carbons (Fsp3) is 0.278. The van der Waals surface area contributed by atoms with E-state index < -0.39 is 11.7 Å². The van der Waals surface area contributed by atoms with Crippen LogP contribution in [0, 0.1) is 0 Å². The third-order valence-electron chi connectivity index (χ3n) is 3.01. The first-order valence-electron chi connectivity index (χ1n) is 7.25. The fourth-order valence-corrected chi connectivity index (χ4v) is 2.02. The van der Waals surface area contributed by atoms with Gasteiger partial charge < -0.3 is 15.8 Å². The topological polar surface area (TPSA) is 64.3 Å². The van der Waals surface area contributed by atoms with Crippen LogP contribution in [0.3, 0.4) is 0 Å². The van der Waals surface area contributed by atoms with E-state index in [1.54, 1.807) is 0 Å². The summed E-state index contributed by atoms with van der Waals surface area (Å²) in [6.45, 7) is 5.95. The van der Waals surface area contributed by atoms with Crippen LogP contribution < -0.4 is 11.1 Å². The Hall–Kier alpha value is -2.49. The van der Waals surface area contributed by atoms with Gasteiger partial charge in [0.15, 0.2) is 0 Å². The van der Waals surface area contributed by atoms with Crippen LogP contribution in [0.15, 0.2) is 48.5 Å². The van der Waals surface area contributed by atoms with Crippen molar-refractivity contribution in [2.45, 2.75) is 32.9 Å². The molecule has 0 aliphatic rings. The molecule has 3 N–H and O–H groups in total. The van der Waals surface area contributed by atoms with Crippen LogP contribution in [0.1, 0.15) is 26.3 Å². The molecule has 1 amide bonds. The highest BCUT2D eigenvalue weighted by molar-refractivity contribution is 5.68. The van der Waals surface area contributed by atoms with Crippen LogP contribution in [-0.4, -0.2) is 11.7 Å². The predicted molar refractivity (Wildman–Crippen MR) is 89.4 cm³/mol. The number of ether oxygens (including phenoxy) is 1. The monoisotopic (exact) mass is 298 g/mol. The number of hydrogen-bond acceptors (Lipinski definition) is 3. The van der Waals surface area contributed by atoms with Crippen molar-refractivity contribution in [2.75, 3.05) is 5.73 Å². The molecule has 2 aromatic carbocycles. The normalized spacial score (nSPS) is 11.0. The van der Waals surface area contributed by atoms with Crippen molar-refractivity contribution in [1.29, 1.82) is 0 Å². The minimum Gasteiger partial charge on any atom is -0.444 e. The number of nitrogens with one attached hydrogen (secondary N) is 1. The molecule has 0 aliphatic carbocycles. The zero-order chi connectivity index (χ0) is 16.2. The summed E-state index contributed by atoms with van der Waals surface area (Å²) in [6.07, 6.45) is -0.412. The number of hydrogen-bond donors (Lipinski definition) is 2. The third-order valence-corrected chi connectivity index (χ3v) is 3.01. The van der Waals surface area contributed by atoms with Crippen LogP contribution in [0.2, 0.25) is 0 Å². The fourth-order valence-electron chi connectivity index (χ4n) is 2.02. The Morgan fingerprint density at radius 2 is 1.77 bits per heavy atom. The molecule has 22 heavy (non-hydrogen) atoms. The van der Waals surface area contributed by atoms with Crippen molar-refractivity contribution in [3.63, 3.8) is 0 Å². The van der Waals surface area contributed by atoms with Crippen LogP contribution >= 0.6 is 0 Å². The van der Waals surface area contributed by atoms with Gasteiger partial charge in [-0.15, -0.1) is 0 Å². The molecule has 2 rings (SSSR count). The summed E-state index contributed by atoms with van der Waals surface area (Å²) in [7, 11) is 0. The summed E-state index contributed by atoms with van der Waals surface area (Å²) < 4.78 is 5.22. The predicted octanol–water partition coefficient (Wildman–Crippen LogP) is 3.96. The Kier molecular flexibility index (Phi) is 4.71. The standard InChI is InChI=1S/C18H22N2O2/c1-18(2,3)22-17(21)20-12-13-5-4-6-15(11-13)14-7-9-16(19)10-8-14/h4-11H,12,19H2,1-3H3,(H,20,21). The SMILES string of the molecule is CC(C)(C)OC(=O)NCc1cccc(-c2ccc(N)cc2)c1. The lowest BCUT2D eigenvalue weighted by Gasteiger charge is -2.19. The number of benzene rings is 2. The number of nitrogen functional groups attached to an aromatic ring is 1. The Morgan fingerprint density at radius 1 is 1.09 bits per heavy atom. The van der Waals surface area contributed by atoms with Crippen molar-refractivity contribution in [2.24, 2.45) is 0 Å². The number of amides is 1. The lowest BCUT2D eigenvalue weighted by Crippen LogP contribution is -2.32. The third kappa shape index (κ3) is 4.81. The second-order valence-corrected chi connectivity index (χ2v) is 6.18. The van der Waals surface area contributed by atoms with Crippen LogP contribution in [-0.2, 0) is 11.3 Å². The quantitative estimate of drug-likeness (QED) is 0.843. The molecule has 4 nitrogen and oxygen atoms in total. The minimum atomic E-state index is -0.490. The van der Waals surface area contributed by atoms with Crippen LogP contribution in [0.5, 0.6) is 0 Å². The molecule has 0 atom stereocenters. The molecule has 0 fully saturated rings. The lowest BCUT2D eigenvalue weighted by atomic mass is 10.0. The van der Waals surface area contributed by atoms with Gasteiger partial charge in [0.05, 0.1) is 0 Å². The molecule has 4 heteroatoms. The lowest BCUT2D eigenvalue weighted by molar-refractivity contribution is 0.0523. The van der Waals surface area contributed by atoms with E-state index in [2.05, 4.69) is 5.32 Å². The molecule has 116 valence electrons. The molecule has 0 bridgehead atoms. The summed E-state index contributed by atoms with van der Waals surface area (Å²) in [5.74, 6) is 0. The molecule has 0 unspecified atom stereocenters. The Morgan fingerprint density at radius 3 is 2.41 bits per heavy atom. The molecule has 0 radical (unpaired) electrons. The van der Waals surface area contributed by atoms with Crippen LogP contribution in [0.25, 0.3) is 11.1 Å². The Balaban J connectivity index is 2.03. The van der Waals surface area contributed by atoms with E-state index in [0.29, 0.717) is 6.54 Å². The molecule has 0 spiro atoms. The second-order valence-electron chi connectivity index (χ2n) is 6.18. The van der Waals surface area contributed by atoms with Gasteiger partial charge in [-0.2, -0.15) is 0 Å². The van der Waals surface area contributed by atoms with Gasteiger partial charge >= 0.3 is 6.09 Å². The number of carbonyl (C=O) groups is 1. The first-order valence-corrected chi connectivity index (χ1v) is 7.25. The van der Waals surface area contributed by atoms with E-state index >= 15 is 0 Å². The average molecular weight is 298 g/mol. The maximum absolute atomic E-state index is 11.7. The first kappa shape index (κ1) is 15.9. The number of alkyl carbamates (subject to hydrolysis) is 1. The van der Waals surface area contributed by atoms with Crippen molar-refractivity contribution in [3.8, 4) is 11.1 Å². The molecule has 0 aliphatic heterocycles. The smallest absolute Gasteiger partial charge is 0.407 e. The number of rotatable bonds is 3. The largest absolute Gasteiger partial charge is 0.444 e.